The minimum atomic E-state index is -3.30. The third kappa shape index (κ3) is 3.05. The molecule has 2 heterocycles. The van der Waals surface area contributed by atoms with Gasteiger partial charge in [0, 0.05) is 27.2 Å². The van der Waals surface area contributed by atoms with Gasteiger partial charge in [-0.25, -0.2) is 12.7 Å². The van der Waals surface area contributed by atoms with E-state index in [2.05, 4.69) is 0 Å². The van der Waals surface area contributed by atoms with E-state index in [-0.39, 0.29) is 12.5 Å². The number of carbonyl (C=O) groups is 1. The van der Waals surface area contributed by atoms with Gasteiger partial charge in [-0.1, -0.05) is 0 Å². The molecule has 1 aliphatic rings. The predicted molar refractivity (Wildman–Crippen MR) is 80.6 cm³/mol. The van der Waals surface area contributed by atoms with Crippen LogP contribution in [0, 0.1) is 6.92 Å². The molecule has 1 saturated heterocycles. The van der Waals surface area contributed by atoms with Crippen molar-refractivity contribution < 1.29 is 13.2 Å². The number of hydrogen-bond donors (Lipinski definition) is 0. The Bertz CT molecular complexity index is 593. The van der Waals surface area contributed by atoms with E-state index in [0.717, 1.165) is 12.0 Å². The van der Waals surface area contributed by atoms with Crippen molar-refractivity contribution in [2.24, 2.45) is 0 Å². The molecule has 1 aromatic rings. The summed E-state index contributed by atoms with van der Waals surface area (Å²) in [6.45, 7) is 2.87. The molecule has 0 N–H and O–H groups in total. The van der Waals surface area contributed by atoms with E-state index < -0.39 is 15.3 Å². The summed E-state index contributed by atoms with van der Waals surface area (Å²) in [5, 5.41) is 1.45. The monoisotopic (exact) mass is 316 g/mol. The summed E-state index contributed by atoms with van der Waals surface area (Å²) >= 11 is 1.42. The van der Waals surface area contributed by atoms with Crippen LogP contribution in [0.15, 0.2) is 11.4 Å². The van der Waals surface area contributed by atoms with E-state index in [9.17, 15) is 13.2 Å². The first-order chi connectivity index (χ1) is 9.32. The smallest absolute Gasteiger partial charge is 0.263 e. The summed E-state index contributed by atoms with van der Waals surface area (Å²) < 4.78 is 25.6. The third-order valence-electron chi connectivity index (χ3n) is 3.54. The maximum atomic E-state index is 12.4. The lowest BCUT2D eigenvalue weighted by atomic mass is 10.1. The summed E-state index contributed by atoms with van der Waals surface area (Å²) in [5.74, 6) is -0.0539. The Hall–Kier alpha value is -0.920. The second-order valence-electron chi connectivity index (χ2n) is 5.33. The number of sulfonamides is 1. The van der Waals surface area contributed by atoms with Gasteiger partial charge < -0.3 is 4.90 Å². The molecule has 0 bridgehead atoms. The molecule has 1 fully saturated rings. The number of thiophene rings is 1. The molecule has 2 rings (SSSR count). The molecule has 0 aliphatic carbocycles. The molecule has 112 valence electrons. The highest BCUT2D eigenvalue weighted by Crippen LogP contribution is 2.22. The van der Waals surface area contributed by atoms with Gasteiger partial charge in [0.05, 0.1) is 10.1 Å². The standard InChI is InChI=1S/C13H20N2O3S2/c1-10-7-12(19-9-10)13(16)15-6-4-5-11(8-15)20(17,18)14(2)3/h7,9,11H,4-6,8H2,1-3H3/t11-/m1/s1. The van der Waals surface area contributed by atoms with Crippen molar-refractivity contribution in [3.05, 3.63) is 21.9 Å². The minimum Gasteiger partial charge on any atom is -0.337 e. The number of likely N-dealkylation sites (tertiary alicyclic amines) is 1. The van der Waals surface area contributed by atoms with E-state index in [4.69, 9.17) is 0 Å². The van der Waals surface area contributed by atoms with Crippen LogP contribution in [0.1, 0.15) is 28.1 Å². The summed E-state index contributed by atoms with van der Waals surface area (Å²) in [4.78, 5) is 14.7. The molecular weight excluding hydrogens is 296 g/mol. The van der Waals surface area contributed by atoms with Crippen molar-refractivity contribution in [1.29, 1.82) is 0 Å². The maximum Gasteiger partial charge on any atom is 0.263 e. The van der Waals surface area contributed by atoms with Gasteiger partial charge in [-0.2, -0.15) is 0 Å². The van der Waals surface area contributed by atoms with Crippen molar-refractivity contribution in [2.75, 3.05) is 27.2 Å². The van der Waals surface area contributed by atoms with Crippen LogP contribution in [0.25, 0.3) is 0 Å². The van der Waals surface area contributed by atoms with E-state index in [1.54, 1.807) is 19.0 Å². The number of nitrogens with zero attached hydrogens (tertiary/aromatic N) is 2. The van der Waals surface area contributed by atoms with Crippen LogP contribution < -0.4 is 0 Å². The molecule has 5 nitrogen and oxygen atoms in total. The molecule has 0 radical (unpaired) electrons. The minimum absolute atomic E-state index is 0.0539. The quantitative estimate of drug-likeness (QED) is 0.850. The molecule has 1 atom stereocenters. The van der Waals surface area contributed by atoms with Crippen LogP contribution in [-0.2, 0) is 10.0 Å². The number of piperidine rings is 1. The normalized spacial score (nSPS) is 20.4. The molecule has 0 spiro atoms. The van der Waals surface area contributed by atoms with Crippen molar-refractivity contribution in [3.63, 3.8) is 0 Å². The Kier molecular flexibility index (Phi) is 4.51. The van der Waals surface area contributed by atoms with Gasteiger partial charge in [0.2, 0.25) is 10.0 Å². The van der Waals surface area contributed by atoms with Crippen molar-refractivity contribution >= 4 is 27.3 Å². The van der Waals surface area contributed by atoms with Gasteiger partial charge in [0.1, 0.15) is 0 Å². The second-order valence-corrected chi connectivity index (χ2v) is 8.67. The Morgan fingerprint density at radius 3 is 2.70 bits per heavy atom. The summed E-state index contributed by atoms with van der Waals surface area (Å²) in [5.41, 5.74) is 1.06. The number of hydrogen-bond acceptors (Lipinski definition) is 4. The molecule has 7 heteroatoms. The highest BCUT2D eigenvalue weighted by atomic mass is 32.2. The van der Waals surface area contributed by atoms with Crippen LogP contribution >= 0.6 is 11.3 Å². The maximum absolute atomic E-state index is 12.4. The van der Waals surface area contributed by atoms with Crippen LogP contribution in [-0.4, -0.2) is 56.0 Å². The van der Waals surface area contributed by atoms with Crippen LogP contribution in [0.4, 0.5) is 0 Å². The second kappa shape index (κ2) is 5.83. The van der Waals surface area contributed by atoms with Gasteiger partial charge in [-0.3, -0.25) is 4.79 Å². The fraction of sp³-hybridized carbons (Fsp3) is 0.615. The van der Waals surface area contributed by atoms with E-state index in [1.807, 2.05) is 18.4 Å². The summed E-state index contributed by atoms with van der Waals surface area (Å²) in [6, 6.07) is 1.86. The largest absolute Gasteiger partial charge is 0.337 e. The molecule has 0 saturated carbocycles. The molecule has 0 unspecified atom stereocenters. The Morgan fingerprint density at radius 1 is 1.45 bits per heavy atom. The van der Waals surface area contributed by atoms with Crippen LogP contribution in [0.5, 0.6) is 0 Å². The number of rotatable bonds is 3. The topological polar surface area (TPSA) is 57.7 Å². The highest BCUT2D eigenvalue weighted by Gasteiger charge is 2.34. The Balaban J connectivity index is 2.13. The molecule has 0 aromatic carbocycles. The molecular formula is C13H20N2O3S2. The SMILES string of the molecule is Cc1csc(C(=O)N2CCC[C@@H](S(=O)(=O)N(C)C)C2)c1. The zero-order valence-electron chi connectivity index (χ0n) is 12.0. The lowest BCUT2D eigenvalue weighted by molar-refractivity contribution is 0.0731. The fourth-order valence-corrected chi connectivity index (χ4v) is 4.66. The molecule has 20 heavy (non-hydrogen) atoms. The number of amides is 1. The zero-order valence-corrected chi connectivity index (χ0v) is 13.6. The van der Waals surface area contributed by atoms with Crippen molar-refractivity contribution in [1.82, 2.24) is 9.21 Å². The van der Waals surface area contributed by atoms with Crippen molar-refractivity contribution in [3.8, 4) is 0 Å². The molecule has 1 aromatic heterocycles. The van der Waals surface area contributed by atoms with E-state index >= 15 is 0 Å². The highest BCUT2D eigenvalue weighted by molar-refractivity contribution is 7.89. The lowest BCUT2D eigenvalue weighted by Crippen LogP contribution is -2.47. The first-order valence-corrected chi connectivity index (χ1v) is 8.96. The average molecular weight is 316 g/mol. The van der Waals surface area contributed by atoms with E-state index in [0.29, 0.717) is 17.8 Å². The van der Waals surface area contributed by atoms with Crippen LogP contribution in [0.3, 0.4) is 0 Å². The molecule has 1 amide bonds. The van der Waals surface area contributed by atoms with Gasteiger partial charge >= 0.3 is 0 Å². The number of aryl methyl sites for hydroxylation is 1. The fourth-order valence-electron chi connectivity index (χ4n) is 2.36. The predicted octanol–water partition coefficient (Wildman–Crippen LogP) is 1.55. The van der Waals surface area contributed by atoms with Crippen molar-refractivity contribution in [2.45, 2.75) is 25.0 Å². The van der Waals surface area contributed by atoms with Gasteiger partial charge in [-0.05, 0) is 36.8 Å². The number of carbonyl (C=O) groups excluding carboxylic acids is 1. The van der Waals surface area contributed by atoms with Gasteiger partial charge in [0.15, 0.2) is 0 Å². The third-order valence-corrected chi connectivity index (χ3v) is 6.82. The lowest BCUT2D eigenvalue weighted by Gasteiger charge is -2.33. The summed E-state index contributed by atoms with van der Waals surface area (Å²) in [6.07, 6.45) is 1.35. The zero-order chi connectivity index (χ0) is 14.9. The summed E-state index contributed by atoms with van der Waals surface area (Å²) in [7, 11) is -0.220. The average Bonchev–Trinajstić information content (AvgIpc) is 2.84. The first-order valence-electron chi connectivity index (χ1n) is 6.58. The Morgan fingerprint density at radius 2 is 2.15 bits per heavy atom. The van der Waals surface area contributed by atoms with Crippen LogP contribution in [0.2, 0.25) is 0 Å². The first kappa shape index (κ1) is 15.5. The Labute approximate surface area is 124 Å². The van der Waals surface area contributed by atoms with E-state index in [1.165, 1.54) is 15.6 Å². The molecule has 1 aliphatic heterocycles. The van der Waals surface area contributed by atoms with Gasteiger partial charge in [-0.15, -0.1) is 11.3 Å². The van der Waals surface area contributed by atoms with Gasteiger partial charge in [0.25, 0.3) is 5.91 Å².